The minimum absolute atomic E-state index is 0.0409. The number of carbonyl (C=O) groups is 3. The number of benzene rings is 1. The van der Waals surface area contributed by atoms with Crippen LogP contribution in [-0.4, -0.2) is 31.6 Å². The predicted molar refractivity (Wildman–Crippen MR) is 95.8 cm³/mol. The summed E-state index contributed by atoms with van der Waals surface area (Å²) in [4.78, 5) is 35.8. The predicted octanol–water partition coefficient (Wildman–Crippen LogP) is 3.73. The fraction of sp³-hybridized carbons (Fsp3) is 0.118. The zero-order chi connectivity index (χ0) is 18.7. The maximum atomic E-state index is 12.0. The van der Waals surface area contributed by atoms with E-state index in [4.69, 9.17) is 20.8 Å². The van der Waals surface area contributed by atoms with Gasteiger partial charge in [-0.2, -0.15) is 0 Å². The molecule has 1 N–H and O–H groups in total. The molecule has 0 aliphatic heterocycles. The van der Waals surface area contributed by atoms with Crippen molar-refractivity contribution in [1.82, 2.24) is 0 Å². The Balaban J connectivity index is 1.61. The Morgan fingerprint density at radius 3 is 2.77 bits per heavy atom. The van der Waals surface area contributed by atoms with Crippen molar-refractivity contribution in [3.8, 4) is 0 Å². The number of ether oxygens (including phenoxy) is 2. The summed E-state index contributed by atoms with van der Waals surface area (Å²) < 4.78 is 14.9. The van der Waals surface area contributed by atoms with Gasteiger partial charge < -0.3 is 19.2 Å². The molecule has 26 heavy (non-hydrogen) atoms. The Kier molecular flexibility index (Phi) is 5.24. The summed E-state index contributed by atoms with van der Waals surface area (Å²) in [5.41, 5.74) is 0.771. The molecule has 0 saturated heterocycles. The Morgan fingerprint density at radius 1 is 1.19 bits per heavy atom. The third kappa shape index (κ3) is 3.87. The van der Waals surface area contributed by atoms with E-state index in [1.165, 1.54) is 13.2 Å². The van der Waals surface area contributed by atoms with Crippen molar-refractivity contribution in [3.05, 3.63) is 51.4 Å². The van der Waals surface area contributed by atoms with Gasteiger partial charge in [0.25, 0.3) is 5.91 Å². The molecule has 9 heteroatoms. The van der Waals surface area contributed by atoms with Gasteiger partial charge in [-0.25, -0.2) is 9.59 Å². The normalized spacial score (nSPS) is 10.5. The number of thiophene rings is 1. The molecule has 2 heterocycles. The molecule has 2 aromatic heterocycles. The largest absolute Gasteiger partial charge is 0.465 e. The molecule has 0 aliphatic carbocycles. The Morgan fingerprint density at radius 2 is 2.00 bits per heavy atom. The number of hydrogen-bond acceptors (Lipinski definition) is 7. The van der Waals surface area contributed by atoms with Gasteiger partial charge in [-0.15, -0.1) is 11.3 Å². The minimum atomic E-state index is -0.786. The smallest absolute Gasteiger partial charge is 0.374 e. The van der Waals surface area contributed by atoms with Gasteiger partial charge in [-0.05, 0) is 35.7 Å². The van der Waals surface area contributed by atoms with Crippen molar-refractivity contribution < 1.29 is 28.3 Å². The van der Waals surface area contributed by atoms with Crippen LogP contribution in [0.4, 0.5) is 5.69 Å². The summed E-state index contributed by atoms with van der Waals surface area (Å²) in [6.45, 7) is -0.535. The van der Waals surface area contributed by atoms with Gasteiger partial charge in [-0.3, -0.25) is 4.79 Å². The van der Waals surface area contributed by atoms with Gasteiger partial charge in [0.1, 0.15) is 10.5 Å². The van der Waals surface area contributed by atoms with Crippen LogP contribution < -0.4 is 5.32 Å². The Hall–Kier alpha value is -2.84. The molecule has 0 aliphatic rings. The van der Waals surface area contributed by atoms with E-state index in [9.17, 15) is 14.4 Å². The molecule has 1 amide bonds. The van der Waals surface area contributed by atoms with E-state index < -0.39 is 24.5 Å². The first-order valence-corrected chi connectivity index (χ1v) is 8.55. The van der Waals surface area contributed by atoms with Gasteiger partial charge in [0, 0.05) is 10.4 Å². The van der Waals surface area contributed by atoms with Gasteiger partial charge in [0.05, 0.1) is 12.8 Å². The summed E-state index contributed by atoms with van der Waals surface area (Å²) in [6.07, 6.45) is 0. The molecule has 0 bridgehead atoms. The number of fused-ring (bicyclic) bond motifs is 1. The van der Waals surface area contributed by atoms with Gasteiger partial charge >= 0.3 is 11.9 Å². The van der Waals surface area contributed by atoms with Crippen LogP contribution in [0.15, 0.2) is 40.1 Å². The van der Waals surface area contributed by atoms with E-state index in [-0.39, 0.29) is 10.6 Å². The van der Waals surface area contributed by atoms with Crippen LogP contribution >= 0.6 is 22.9 Å². The number of hydrogen-bond donors (Lipinski definition) is 1. The van der Waals surface area contributed by atoms with E-state index >= 15 is 0 Å². The van der Waals surface area contributed by atoms with E-state index in [1.54, 1.807) is 29.6 Å². The summed E-state index contributed by atoms with van der Waals surface area (Å²) >= 11 is 7.01. The summed E-state index contributed by atoms with van der Waals surface area (Å²) in [5, 5.41) is 5.28. The first kappa shape index (κ1) is 18.0. The lowest BCUT2D eigenvalue weighted by Gasteiger charge is -2.06. The second kappa shape index (κ2) is 7.59. The number of anilines is 1. The van der Waals surface area contributed by atoms with Crippen molar-refractivity contribution >= 4 is 57.4 Å². The molecule has 0 radical (unpaired) electrons. The summed E-state index contributed by atoms with van der Waals surface area (Å²) in [7, 11) is 1.25. The fourth-order valence-corrected chi connectivity index (χ4v) is 3.11. The highest BCUT2D eigenvalue weighted by Crippen LogP contribution is 2.24. The third-order valence-corrected chi connectivity index (χ3v) is 4.45. The average Bonchev–Trinajstić information content (AvgIpc) is 3.25. The van der Waals surface area contributed by atoms with E-state index in [0.29, 0.717) is 21.7 Å². The number of furan rings is 1. The molecule has 1 aromatic carbocycles. The Bertz CT molecular complexity index is 992. The first-order chi connectivity index (χ1) is 12.5. The number of nitrogens with one attached hydrogen (secondary N) is 1. The highest BCUT2D eigenvalue weighted by molar-refractivity contribution is 7.12. The highest BCUT2D eigenvalue weighted by atomic mass is 35.5. The van der Waals surface area contributed by atoms with Crippen molar-refractivity contribution in [2.75, 3.05) is 19.0 Å². The van der Waals surface area contributed by atoms with Crippen LogP contribution in [0.2, 0.25) is 5.02 Å². The lowest BCUT2D eigenvalue weighted by Crippen LogP contribution is -2.21. The molecule has 0 fully saturated rings. The van der Waals surface area contributed by atoms with Crippen LogP contribution in [0.1, 0.15) is 20.2 Å². The maximum Gasteiger partial charge on any atom is 0.374 e. The number of halogens is 1. The molecule has 0 spiro atoms. The highest BCUT2D eigenvalue weighted by Gasteiger charge is 2.18. The second-order valence-corrected chi connectivity index (χ2v) is 6.42. The lowest BCUT2D eigenvalue weighted by molar-refractivity contribution is -0.119. The first-order valence-electron chi connectivity index (χ1n) is 7.30. The third-order valence-electron chi connectivity index (χ3n) is 3.32. The number of rotatable bonds is 5. The summed E-state index contributed by atoms with van der Waals surface area (Å²) in [6, 6.07) is 7.95. The maximum absolute atomic E-state index is 12.0. The topological polar surface area (TPSA) is 94.8 Å². The molecule has 3 rings (SSSR count). The van der Waals surface area contributed by atoms with Crippen LogP contribution in [0.3, 0.4) is 0 Å². The number of methoxy groups -OCH3 is 1. The molecular weight excluding hydrogens is 382 g/mol. The average molecular weight is 394 g/mol. The van der Waals surface area contributed by atoms with Crippen LogP contribution in [0.5, 0.6) is 0 Å². The van der Waals surface area contributed by atoms with E-state index in [1.807, 2.05) is 0 Å². The molecule has 134 valence electrons. The number of amides is 1. The molecular formula is C17H12ClNO6S. The fourth-order valence-electron chi connectivity index (χ4n) is 2.16. The van der Waals surface area contributed by atoms with Crippen molar-refractivity contribution in [2.45, 2.75) is 0 Å². The SMILES string of the molecule is COC(=O)c1sccc1NC(=O)COC(=O)c1cc2cc(Cl)ccc2o1. The zero-order valence-corrected chi connectivity index (χ0v) is 15.0. The van der Waals surface area contributed by atoms with E-state index in [0.717, 1.165) is 11.3 Å². The van der Waals surface area contributed by atoms with Crippen molar-refractivity contribution in [2.24, 2.45) is 0 Å². The quantitative estimate of drug-likeness (QED) is 0.663. The number of carbonyl (C=O) groups excluding carboxylic acids is 3. The summed E-state index contributed by atoms with van der Waals surface area (Å²) in [5.74, 6) is -1.99. The van der Waals surface area contributed by atoms with Gasteiger partial charge in [0.15, 0.2) is 6.61 Å². The van der Waals surface area contributed by atoms with Crippen LogP contribution in [0, 0.1) is 0 Å². The van der Waals surface area contributed by atoms with Crippen LogP contribution in [0.25, 0.3) is 11.0 Å². The minimum Gasteiger partial charge on any atom is -0.465 e. The Labute approximate surface area is 156 Å². The van der Waals surface area contributed by atoms with E-state index in [2.05, 4.69) is 10.1 Å². The molecule has 7 nitrogen and oxygen atoms in total. The number of esters is 2. The van der Waals surface area contributed by atoms with Crippen LogP contribution in [-0.2, 0) is 14.3 Å². The molecule has 0 saturated carbocycles. The standard InChI is InChI=1S/C17H12ClNO6S/c1-23-17(22)15-11(4-5-26-15)19-14(20)8-24-16(21)13-7-9-6-10(18)2-3-12(9)25-13/h2-7H,8H2,1H3,(H,19,20). The second-order valence-electron chi connectivity index (χ2n) is 5.07. The van der Waals surface area contributed by atoms with Crippen molar-refractivity contribution in [3.63, 3.8) is 0 Å². The van der Waals surface area contributed by atoms with Gasteiger partial charge in [-0.1, -0.05) is 11.6 Å². The molecule has 3 aromatic rings. The molecule has 0 atom stereocenters. The monoisotopic (exact) mass is 393 g/mol. The van der Waals surface area contributed by atoms with Gasteiger partial charge in [0.2, 0.25) is 5.76 Å². The van der Waals surface area contributed by atoms with Crippen molar-refractivity contribution in [1.29, 1.82) is 0 Å². The lowest BCUT2D eigenvalue weighted by atomic mass is 10.2. The molecule has 0 unspecified atom stereocenters. The zero-order valence-electron chi connectivity index (χ0n) is 13.4.